The SMILES string of the molecule is CCOC(=O)C(Cc1ccc(OS(=O)(=O)C(F)(F)F)cc1)NC(C)=O. The first-order valence-corrected chi connectivity index (χ1v) is 8.40. The molecule has 0 heterocycles. The van der Waals surface area contributed by atoms with E-state index in [2.05, 4.69) is 9.50 Å². The summed E-state index contributed by atoms with van der Waals surface area (Å²) in [4.78, 5) is 22.9. The third-order valence-electron chi connectivity index (χ3n) is 2.80. The van der Waals surface area contributed by atoms with Crippen molar-refractivity contribution >= 4 is 22.0 Å². The highest BCUT2D eigenvalue weighted by molar-refractivity contribution is 7.88. The van der Waals surface area contributed by atoms with Crippen LogP contribution in [0.5, 0.6) is 5.75 Å². The molecule has 1 atom stereocenters. The van der Waals surface area contributed by atoms with Crippen molar-refractivity contribution < 1.29 is 40.1 Å². The molecule has 0 bridgehead atoms. The molecule has 0 aromatic heterocycles. The number of halogens is 3. The minimum Gasteiger partial charge on any atom is -0.464 e. The first-order chi connectivity index (χ1) is 11.5. The first-order valence-electron chi connectivity index (χ1n) is 6.99. The second-order valence-corrected chi connectivity index (χ2v) is 6.37. The molecule has 25 heavy (non-hydrogen) atoms. The van der Waals surface area contributed by atoms with Crippen LogP contribution in [-0.4, -0.2) is 38.5 Å². The van der Waals surface area contributed by atoms with Crippen LogP contribution in [0, 0.1) is 0 Å². The molecule has 0 radical (unpaired) electrons. The fraction of sp³-hybridized carbons (Fsp3) is 0.429. The molecule has 0 saturated carbocycles. The Balaban J connectivity index is 2.87. The standard InChI is InChI=1S/C14H16F3NO6S/c1-3-23-13(20)12(18-9(2)19)8-10-4-6-11(7-5-10)24-25(21,22)14(15,16)17/h4-7,12H,3,8H2,1-2H3,(H,18,19). The highest BCUT2D eigenvalue weighted by atomic mass is 32.2. The van der Waals surface area contributed by atoms with Crippen molar-refractivity contribution in [3.63, 3.8) is 0 Å². The number of carbonyl (C=O) groups is 2. The second kappa shape index (κ2) is 8.19. The highest BCUT2D eigenvalue weighted by Crippen LogP contribution is 2.27. The number of ether oxygens (including phenoxy) is 1. The molecule has 1 amide bonds. The van der Waals surface area contributed by atoms with E-state index in [9.17, 15) is 31.2 Å². The van der Waals surface area contributed by atoms with E-state index in [1.165, 1.54) is 19.1 Å². The average Bonchev–Trinajstić information content (AvgIpc) is 2.47. The lowest BCUT2D eigenvalue weighted by molar-refractivity contribution is -0.147. The Labute approximate surface area is 142 Å². The van der Waals surface area contributed by atoms with E-state index in [4.69, 9.17) is 4.74 Å². The number of alkyl halides is 3. The maximum absolute atomic E-state index is 12.2. The number of hydrogen-bond acceptors (Lipinski definition) is 6. The van der Waals surface area contributed by atoms with Crippen molar-refractivity contribution in [1.29, 1.82) is 0 Å². The zero-order valence-electron chi connectivity index (χ0n) is 13.3. The minimum absolute atomic E-state index is 0.00468. The molecule has 0 saturated heterocycles. The van der Waals surface area contributed by atoms with Crippen LogP contribution >= 0.6 is 0 Å². The van der Waals surface area contributed by atoms with Gasteiger partial charge in [0.05, 0.1) is 6.61 Å². The molecular weight excluding hydrogens is 367 g/mol. The Morgan fingerprint density at radius 3 is 2.20 bits per heavy atom. The van der Waals surface area contributed by atoms with Gasteiger partial charge in [-0.2, -0.15) is 21.6 Å². The van der Waals surface area contributed by atoms with Gasteiger partial charge in [0, 0.05) is 13.3 Å². The van der Waals surface area contributed by atoms with Gasteiger partial charge in [-0.1, -0.05) is 12.1 Å². The van der Waals surface area contributed by atoms with Gasteiger partial charge in [-0.15, -0.1) is 0 Å². The molecule has 140 valence electrons. The van der Waals surface area contributed by atoms with Crippen molar-refractivity contribution in [2.75, 3.05) is 6.61 Å². The van der Waals surface area contributed by atoms with Gasteiger partial charge in [0.15, 0.2) is 0 Å². The third-order valence-corrected chi connectivity index (χ3v) is 3.78. The average molecular weight is 383 g/mol. The summed E-state index contributed by atoms with van der Waals surface area (Å²) in [5, 5.41) is 2.40. The fourth-order valence-electron chi connectivity index (χ4n) is 1.77. The number of esters is 1. The number of carbonyl (C=O) groups excluding carboxylic acids is 2. The van der Waals surface area contributed by atoms with Crippen LogP contribution in [0.25, 0.3) is 0 Å². The van der Waals surface area contributed by atoms with E-state index in [1.54, 1.807) is 6.92 Å². The van der Waals surface area contributed by atoms with E-state index >= 15 is 0 Å². The molecule has 11 heteroatoms. The summed E-state index contributed by atoms with van der Waals surface area (Å²) < 4.78 is 67.4. The Morgan fingerprint density at radius 1 is 1.20 bits per heavy atom. The van der Waals surface area contributed by atoms with Crippen LogP contribution in [0.1, 0.15) is 19.4 Å². The maximum Gasteiger partial charge on any atom is 0.534 e. The topological polar surface area (TPSA) is 98.8 Å². The summed E-state index contributed by atoms with van der Waals surface area (Å²) >= 11 is 0. The lowest BCUT2D eigenvalue weighted by Crippen LogP contribution is -2.42. The minimum atomic E-state index is -5.75. The number of rotatable bonds is 7. The molecule has 0 aliphatic heterocycles. The molecule has 7 nitrogen and oxygen atoms in total. The number of hydrogen-bond donors (Lipinski definition) is 1. The number of amides is 1. The Kier molecular flexibility index (Phi) is 6.79. The summed E-state index contributed by atoms with van der Waals surface area (Å²) in [6.07, 6.45) is 0.00468. The van der Waals surface area contributed by atoms with Crippen molar-refractivity contribution in [2.45, 2.75) is 31.8 Å². The van der Waals surface area contributed by atoms with Crippen LogP contribution in [0.2, 0.25) is 0 Å². The Hall–Kier alpha value is -2.30. The van der Waals surface area contributed by atoms with Gasteiger partial charge in [-0.25, -0.2) is 4.79 Å². The van der Waals surface area contributed by atoms with E-state index in [-0.39, 0.29) is 13.0 Å². The van der Waals surface area contributed by atoms with Crippen LogP contribution < -0.4 is 9.50 Å². The first kappa shape index (κ1) is 20.7. The molecule has 0 spiro atoms. The van der Waals surface area contributed by atoms with Crippen molar-refractivity contribution in [3.8, 4) is 5.75 Å². The summed E-state index contributed by atoms with van der Waals surface area (Å²) in [5.41, 5.74) is -5.09. The molecule has 1 aromatic rings. The molecule has 0 aliphatic rings. The summed E-state index contributed by atoms with van der Waals surface area (Å²) in [6, 6.07) is 3.58. The van der Waals surface area contributed by atoms with E-state index in [0.29, 0.717) is 5.56 Å². The van der Waals surface area contributed by atoms with E-state index < -0.39 is 39.3 Å². The van der Waals surface area contributed by atoms with Crippen molar-refractivity contribution in [2.24, 2.45) is 0 Å². The van der Waals surface area contributed by atoms with Gasteiger partial charge in [0.25, 0.3) is 0 Å². The van der Waals surface area contributed by atoms with E-state index in [0.717, 1.165) is 12.1 Å². The second-order valence-electron chi connectivity index (χ2n) is 4.84. The van der Waals surface area contributed by atoms with Gasteiger partial charge in [-0.05, 0) is 24.6 Å². The molecule has 1 N–H and O–H groups in total. The predicted octanol–water partition coefficient (Wildman–Crippen LogP) is 1.53. The molecule has 1 unspecified atom stereocenters. The quantitative estimate of drug-likeness (QED) is 0.436. The van der Waals surface area contributed by atoms with Crippen molar-refractivity contribution in [3.05, 3.63) is 29.8 Å². The van der Waals surface area contributed by atoms with E-state index in [1.807, 2.05) is 0 Å². The Bertz CT molecular complexity index is 715. The monoisotopic (exact) mass is 383 g/mol. The zero-order valence-corrected chi connectivity index (χ0v) is 14.1. The summed E-state index contributed by atoms with van der Waals surface area (Å²) in [7, 11) is -5.75. The zero-order chi connectivity index (χ0) is 19.3. The van der Waals surface area contributed by atoms with Crippen molar-refractivity contribution in [1.82, 2.24) is 5.32 Å². The van der Waals surface area contributed by atoms with Gasteiger partial charge in [0.2, 0.25) is 5.91 Å². The summed E-state index contributed by atoms with van der Waals surface area (Å²) in [5.74, 6) is -1.67. The predicted molar refractivity (Wildman–Crippen MR) is 80.0 cm³/mol. The van der Waals surface area contributed by atoms with Gasteiger partial charge in [-0.3, -0.25) is 4.79 Å². The van der Waals surface area contributed by atoms with Crippen LogP contribution in [-0.2, 0) is 30.9 Å². The number of benzene rings is 1. The third kappa shape index (κ3) is 6.25. The Morgan fingerprint density at radius 2 is 1.76 bits per heavy atom. The highest BCUT2D eigenvalue weighted by Gasteiger charge is 2.48. The number of nitrogens with one attached hydrogen (secondary N) is 1. The molecule has 0 fully saturated rings. The molecular formula is C14H16F3NO6S. The van der Waals surface area contributed by atoms with Crippen LogP contribution in [0.4, 0.5) is 13.2 Å². The molecule has 1 rings (SSSR count). The van der Waals surface area contributed by atoms with Gasteiger partial charge in [0.1, 0.15) is 11.8 Å². The molecule has 0 aliphatic carbocycles. The maximum atomic E-state index is 12.2. The van der Waals surface area contributed by atoms with Crippen LogP contribution in [0.15, 0.2) is 24.3 Å². The van der Waals surface area contributed by atoms with Gasteiger partial charge < -0.3 is 14.2 Å². The largest absolute Gasteiger partial charge is 0.534 e. The lowest BCUT2D eigenvalue weighted by atomic mass is 10.1. The normalized spacial score (nSPS) is 13.0. The lowest BCUT2D eigenvalue weighted by Gasteiger charge is -2.16. The smallest absolute Gasteiger partial charge is 0.464 e. The molecule has 1 aromatic carbocycles. The summed E-state index contributed by atoms with van der Waals surface area (Å²) in [6.45, 7) is 2.91. The van der Waals surface area contributed by atoms with Gasteiger partial charge >= 0.3 is 21.6 Å². The van der Waals surface area contributed by atoms with Crippen LogP contribution in [0.3, 0.4) is 0 Å². The fourth-order valence-corrected chi connectivity index (χ4v) is 2.23.